The van der Waals surface area contributed by atoms with Crippen LogP contribution in [0.15, 0.2) is 47.6 Å². The summed E-state index contributed by atoms with van der Waals surface area (Å²) in [5.74, 6) is -0.981. The summed E-state index contributed by atoms with van der Waals surface area (Å²) in [6.07, 6.45) is -0.466. The zero-order chi connectivity index (χ0) is 22.3. The smallest absolute Gasteiger partial charge is 0.279 e. The molecule has 0 radical (unpaired) electrons. The number of nitrogens with one attached hydrogen (secondary N) is 2. The fourth-order valence-electron chi connectivity index (χ4n) is 2.47. The Hall–Kier alpha value is -4.15. The van der Waals surface area contributed by atoms with E-state index in [1.54, 1.807) is 19.1 Å². The highest BCUT2D eigenvalue weighted by molar-refractivity contribution is 6.05. The van der Waals surface area contributed by atoms with Crippen LogP contribution >= 0.6 is 0 Å². The second-order valence-corrected chi connectivity index (χ2v) is 6.48. The van der Waals surface area contributed by atoms with Crippen molar-refractivity contribution < 1.29 is 19.4 Å². The monoisotopic (exact) mass is 413 g/mol. The first-order valence-corrected chi connectivity index (χ1v) is 8.76. The Labute approximate surface area is 171 Å². The highest BCUT2D eigenvalue weighted by atomic mass is 16.6. The molecule has 2 N–H and O–H groups in total. The number of rotatable bonds is 8. The molecule has 156 valence electrons. The van der Waals surface area contributed by atoms with Gasteiger partial charge in [-0.15, -0.1) is 0 Å². The van der Waals surface area contributed by atoms with Crippen LogP contribution < -0.4 is 10.7 Å². The minimum absolute atomic E-state index is 0.00747. The van der Waals surface area contributed by atoms with Crippen molar-refractivity contribution in [3.8, 4) is 0 Å². The number of carbonyl (C=O) groups excluding carboxylic acids is 2. The van der Waals surface area contributed by atoms with E-state index in [0.717, 1.165) is 23.8 Å². The number of hydrogen-bond acceptors (Lipinski definition) is 7. The lowest BCUT2D eigenvalue weighted by molar-refractivity contribution is -0.394. The van der Waals surface area contributed by atoms with Crippen molar-refractivity contribution >= 4 is 34.6 Å². The minimum atomic E-state index is -0.792. The Morgan fingerprint density at radius 3 is 2.27 bits per heavy atom. The maximum absolute atomic E-state index is 12.0. The fraction of sp³-hybridized carbons (Fsp3) is 0.211. The van der Waals surface area contributed by atoms with Gasteiger partial charge in [0.1, 0.15) is 0 Å². The fourth-order valence-corrected chi connectivity index (χ4v) is 2.47. The lowest BCUT2D eigenvalue weighted by Gasteiger charge is -2.06. The molecule has 0 saturated carbocycles. The Bertz CT molecular complexity index is 1020. The van der Waals surface area contributed by atoms with Gasteiger partial charge in [0.15, 0.2) is 0 Å². The highest BCUT2D eigenvalue weighted by Gasteiger charge is 2.21. The Morgan fingerprint density at radius 1 is 1.00 bits per heavy atom. The van der Waals surface area contributed by atoms with E-state index in [1.807, 2.05) is 19.1 Å². The number of nitro benzene ring substituents is 2. The van der Waals surface area contributed by atoms with Gasteiger partial charge in [0.25, 0.3) is 11.4 Å². The molecule has 0 aliphatic carbocycles. The molecule has 0 saturated heterocycles. The molecule has 2 rings (SSSR count). The van der Waals surface area contributed by atoms with Gasteiger partial charge in [0.05, 0.1) is 28.8 Å². The normalized spacial score (nSPS) is 10.9. The van der Waals surface area contributed by atoms with Crippen molar-refractivity contribution in [1.82, 2.24) is 5.43 Å². The first-order chi connectivity index (χ1) is 14.2. The SMILES string of the molecule is C/C(CC(=O)Nc1ccc(C)cc1)=N\NC(=O)Cc1ccc([N+](=O)[O-])cc1[N+](=O)[O-]. The van der Waals surface area contributed by atoms with E-state index in [2.05, 4.69) is 15.8 Å². The molecule has 11 nitrogen and oxygen atoms in total. The minimum Gasteiger partial charge on any atom is -0.326 e. The molecule has 0 fully saturated rings. The summed E-state index contributed by atoms with van der Waals surface area (Å²) < 4.78 is 0. The third kappa shape index (κ3) is 6.48. The van der Waals surface area contributed by atoms with Crippen molar-refractivity contribution in [2.75, 3.05) is 5.32 Å². The predicted molar refractivity (Wildman–Crippen MR) is 109 cm³/mol. The Balaban J connectivity index is 1.95. The number of carbonyl (C=O) groups is 2. The van der Waals surface area contributed by atoms with Gasteiger partial charge in [-0.05, 0) is 32.0 Å². The predicted octanol–water partition coefficient (Wildman–Crippen LogP) is 2.87. The van der Waals surface area contributed by atoms with E-state index in [1.165, 1.54) is 0 Å². The number of nitrogens with zero attached hydrogens (tertiary/aromatic N) is 3. The second-order valence-electron chi connectivity index (χ2n) is 6.48. The zero-order valence-corrected chi connectivity index (χ0v) is 16.2. The van der Waals surface area contributed by atoms with Gasteiger partial charge in [0.2, 0.25) is 11.8 Å². The highest BCUT2D eigenvalue weighted by Crippen LogP contribution is 2.25. The first kappa shape index (κ1) is 22.1. The first-order valence-electron chi connectivity index (χ1n) is 8.76. The summed E-state index contributed by atoms with van der Waals surface area (Å²) in [5, 5.41) is 28.4. The Kier molecular flexibility index (Phi) is 7.28. The van der Waals surface area contributed by atoms with Crippen molar-refractivity contribution in [2.24, 2.45) is 5.10 Å². The molecular weight excluding hydrogens is 394 g/mol. The van der Waals surface area contributed by atoms with Gasteiger partial charge in [-0.25, -0.2) is 5.43 Å². The zero-order valence-electron chi connectivity index (χ0n) is 16.2. The molecule has 2 amide bonds. The molecule has 0 aliphatic rings. The number of amides is 2. The van der Waals surface area contributed by atoms with Crippen molar-refractivity contribution in [1.29, 1.82) is 0 Å². The molecule has 0 aromatic heterocycles. The van der Waals surface area contributed by atoms with Crippen molar-refractivity contribution in [2.45, 2.75) is 26.7 Å². The number of nitro groups is 2. The number of anilines is 1. The third-order valence-corrected chi connectivity index (χ3v) is 3.95. The van der Waals surface area contributed by atoms with Crippen LogP contribution in [-0.4, -0.2) is 27.4 Å². The van der Waals surface area contributed by atoms with E-state index >= 15 is 0 Å². The molecular formula is C19H19N5O6. The summed E-state index contributed by atoms with van der Waals surface area (Å²) in [5.41, 5.74) is 3.27. The number of aryl methyl sites for hydroxylation is 1. The maximum atomic E-state index is 12.0. The van der Waals surface area contributed by atoms with Gasteiger partial charge in [0, 0.05) is 23.0 Å². The average molecular weight is 413 g/mol. The molecule has 0 bridgehead atoms. The molecule has 0 unspecified atom stereocenters. The van der Waals surface area contributed by atoms with Crippen LogP contribution in [0.25, 0.3) is 0 Å². The number of benzene rings is 2. The van der Waals surface area contributed by atoms with Crippen LogP contribution in [0.1, 0.15) is 24.5 Å². The van der Waals surface area contributed by atoms with Crippen molar-refractivity contribution in [3.05, 3.63) is 73.8 Å². The molecule has 11 heteroatoms. The lowest BCUT2D eigenvalue weighted by atomic mass is 10.1. The summed E-state index contributed by atoms with van der Waals surface area (Å²) in [6.45, 7) is 3.47. The quantitative estimate of drug-likeness (QED) is 0.385. The van der Waals surface area contributed by atoms with Crippen LogP contribution in [0.3, 0.4) is 0 Å². The van der Waals surface area contributed by atoms with Gasteiger partial charge < -0.3 is 5.32 Å². The lowest BCUT2D eigenvalue weighted by Crippen LogP contribution is -2.23. The van der Waals surface area contributed by atoms with Crippen LogP contribution in [-0.2, 0) is 16.0 Å². The summed E-state index contributed by atoms with van der Waals surface area (Å²) in [6, 6.07) is 10.3. The molecule has 0 atom stereocenters. The largest absolute Gasteiger partial charge is 0.326 e. The van der Waals surface area contributed by atoms with E-state index in [9.17, 15) is 29.8 Å². The standard InChI is InChI=1S/C19H19N5O6/c1-12-3-6-15(7-4-12)20-18(25)9-13(2)21-22-19(26)10-14-5-8-16(23(27)28)11-17(14)24(29)30/h3-8,11H,9-10H2,1-2H3,(H,20,25)(H,22,26)/b21-13+. The van der Waals surface area contributed by atoms with Crippen LogP contribution in [0.4, 0.5) is 17.1 Å². The molecule has 0 aliphatic heterocycles. The maximum Gasteiger partial charge on any atom is 0.279 e. The molecule has 0 spiro atoms. The average Bonchev–Trinajstić information content (AvgIpc) is 2.68. The number of non-ortho nitro benzene ring substituents is 1. The van der Waals surface area contributed by atoms with Gasteiger partial charge in [-0.3, -0.25) is 29.8 Å². The van der Waals surface area contributed by atoms with E-state index in [0.29, 0.717) is 11.4 Å². The van der Waals surface area contributed by atoms with Gasteiger partial charge in [-0.2, -0.15) is 5.10 Å². The van der Waals surface area contributed by atoms with Crippen LogP contribution in [0.5, 0.6) is 0 Å². The Morgan fingerprint density at radius 2 is 1.67 bits per heavy atom. The van der Waals surface area contributed by atoms with Gasteiger partial charge in [-0.1, -0.05) is 17.7 Å². The second kappa shape index (κ2) is 9.87. The number of hydrazone groups is 1. The van der Waals surface area contributed by atoms with E-state index in [4.69, 9.17) is 0 Å². The summed E-state index contributed by atoms with van der Waals surface area (Å²) >= 11 is 0. The third-order valence-electron chi connectivity index (χ3n) is 3.95. The van der Waals surface area contributed by atoms with Gasteiger partial charge >= 0.3 is 0 Å². The van der Waals surface area contributed by atoms with Crippen LogP contribution in [0.2, 0.25) is 0 Å². The summed E-state index contributed by atoms with van der Waals surface area (Å²) in [4.78, 5) is 44.4. The molecule has 2 aromatic carbocycles. The topological polar surface area (TPSA) is 157 Å². The van der Waals surface area contributed by atoms with Crippen LogP contribution in [0, 0.1) is 27.2 Å². The molecule has 0 heterocycles. The van der Waals surface area contributed by atoms with E-state index < -0.39 is 33.5 Å². The van der Waals surface area contributed by atoms with Crippen molar-refractivity contribution in [3.63, 3.8) is 0 Å². The van der Waals surface area contributed by atoms with E-state index in [-0.39, 0.29) is 17.9 Å². The molecule has 30 heavy (non-hydrogen) atoms. The number of hydrogen-bond donors (Lipinski definition) is 2. The summed E-state index contributed by atoms with van der Waals surface area (Å²) in [7, 11) is 0. The molecule has 2 aromatic rings.